The van der Waals surface area contributed by atoms with Gasteiger partial charge < -0.3 is 9.30 Å². The minimum Gasteiger partial charge on any atom is -0.383 e. The fourth-order valence-corrected chi connectivity index (χ4v) is 2.40. The lowest BCUT2D eigenvalue weighted by Crippen LogP contribution is -2.39. The molecule has 0 aromatic carbocycles. The maximum atomic E-state index is 12.6. The summed E-state index contributed by atoms with van der Waals surface area (Å²) in [4.78, 5) is 29.0. The van der Waals surface area contributed by atoms with E-state index in [0.717, 1.165) is 19.3 Å². The molecule has 0 saturated carbocycles. The second-order valence-corrected chi connectivity index (χ2v) is 5.11. The number of rotatable bonds is 7. The van der Waals surface area contributed by atoms with Crippen LogP contribution in [0, 0.1) is 0 Å². The van der Waals surface area contributed by atoms with Gasteiger partial charge in [-0.05, 0) is 6.42 Å². The molecule has 21 heavy (non-hydrogen) atoms. The van der Waals surface area contributed by atoms with E-state index < -0.39 is 0 Å². The first-order valence-electron chi connectivity index (χ1n) is 7.25. The summed E-state index contributed by atoms with van der Waals surface area (Å²) in [5.74, 6) is 0. The van der Waals surface area contributed by atoms with Crippen molar-refractivity contribution in [2.75, 3.05) is 13.7 Å². The fraction of sp³-hybridized carbons (Fsp3) is 0.643. The van der Waals surface area contributed by atoms with Crippen LogP contribution in [0.3, 0.4) is 0 Å². The summed E-state index contributed by atoms with van der Waals surface area (Å²) in [7, 11) is 3.26. The Kier molecular flexibility index (Phi) is 4.95. The van der Waals surface area contributed by atoms with Gasteiger partial charge in [0.15, 0.2) is 11.2 Å². The third kappa shape index (κ3) is 2.92. The Morgan fingerprint density at radius 2 is 2.00 bits per heavy atom. The molecule has 0 aliphatic carbocycles. The lowest BCUT2D eigenvalue weighted by molar-refractivity contribution is 0.188. The molecule has 7 heteroatoms. The van der Waals surface area contributed by atoms with Crippen LogP contribution in [0.2, 0.25) is 0 Å². The number of aromatic nitrogens is 4. The van der Waals surface area contributed by atoms with E-state index in [9.17, 15) is 9.59 Å². The summed E-state index contributed by atoms with van der Waals surface area (Å²) in [6.07, 6.45) is 4.45. The molecule has 2 heterocycles. The summed E-state index contributed by atoms with van der Waals surface area (Å²) in [6.45, 7) is 3.56. The van der Waals surface area contributed by atoms with Gasteiger partial charge in [0.2, 0.25) is 0 Å². The number of methoxy groups -OCH3 is 1. The van der Waals surface area contributed by atoms with Crippen LogP contribution in [0.5, 0.6) is 0 Å². The predicted octanol–water partition coefficient (Wildman–Crippen LogP) is 0.733. The molecule has 0 aliphatic heterocycles. The molecule has 2 aromatic heterocycles. The van der Waals surface area contributed by atoms with E-state index in [1.54, 1.807) is 25.1 Å². The highest BCUT2D eigenvalue weighted by Crippen LogP contribution is 2.06. The maximum absolute atomic E-state index is 12.6. The Hall–Kier alpha value is -1.89. The topological polar surface area (TPSA) is 71.0 Å². The zero-order valence-corrected chi connectivity index (χ0v) is 12.8. The van der Waals surface area contributed by atoms with Gasteiger partial charge >= 0.3 is 5.69 Å². The van der Waals surface area contributed by atoms with Crippen molar-refractivity contribution >= 4 is 11.2 Å². The lowest BCUT2D eigenvalue weighted by atomic mass is 10.2. The number of nitrogens with zero attached hydrogens (tertiary/aromatic N) is 4. The van der Waals surface area contributed by atoms with Gasteiger partial charge in [0.05, 0.1) is 12.9 Å². The molecular weight excluding hydrogens is 272 g/mol. The van der Waals surface area contributed by atoms with E-state index >= 15 is 0 Å². The number of fused-ring (bicyclic) bond motifs is 1. The number of imidazole rings is 1. The van der Waals surface area contributed by atoms with E-state index in [1.165, 1.54) is 9.13 Å². The number of aryl methyl sites for hydroxylation is 1. The molecule has 0 bridgehead atoms. The number of hydrogen-bond acceptors (Lipinski definition) is 4. The molecule has 2 rings (SSSR count). The standard InChI is InChI=1S/C14H22N4O3/c1-4-5-6-7-18-13(19)11-12(16(2)14(18)20)15-10-17(11)8-9-21-3/h10H,4-9H2,1-3H3. The maximum Gasteiger partial charge on any atom is 0.332 e. The summed E-state index contributed by atoms with van der Waals surface area (Å²) in [5.41, 5.74) is 0.317. The van der Waals surface area contributed by atoms with Gasteiger partial charge in [-0.1, -0.05) is 19.8 Å². The van der Waals surface area contributed by atoms with Crippen LogP contribution < -0.4 is 11.2 Å². The van der Waals surface area contributed by atoms with Crippen LogP contribution >= 0.6 is 0 Å². The molecule has 2 aromatic rings. The highest BCUT2D eigenvalue weighted by molar-refractivity contribution is 5.69. The molecule has 7 nitrogen and oxygen atoms in total. The average Bonchev–Trinajstić information content (AvgIpc) is 2.90. The minimum absolute atomic E-state index is 0.266. The van der Waals surface area contributed by atoms with Gasteiger partial charge in [-0.2, -0.15) is 0 Å². The van der Waals surface area contributed by atoms with Crippen LogP contribution in [0.25, 0.3) is 11.2 Å². The van der Waals surface area contributed by atoms with E-state index in [-0.39, 0.29) is 11.2 Å². The molecule has 116 valence electrons. The smallest absolute Gasteiger partial charge is 0.332 e. The molecule has 0 amide bonds. The van der Waals surface area contributed by atoms with E-state index in [4.69, 9.17) is 4.74 Å². The number of hydrogen-bond donors (Lipinski definition) is 0. The van der Waals surface area contributed by atoms with E-state index in [0.29, 0.717) is 30.9 Å². The first-order valence-corrected chi connectivity index (χ1v) is 7.25. The Bertz CT molecular complexity index is 726. The van der Waals surface area contributed by atoms with Crippen molar-refractivity contribution in [2.45, 2.75) is 39.3 Å². The molecule has 0 atom stereocenters. The lowest BCUT2D eigenvalue weighted by Gasteiger charge is -2.09. The predicted molar refractivity (Wildman–Crippen MR) is 80.6 cm³/mol. The average molecular weight is 294 g/mol. The van der Waals surface area contributed by atoms with Crippen molar-refractivity contribution in [2.24, 2.45) is 7.05 Å². The second-order valence-electron chi connectivity index (χ2n) is 5.11. The Labute approximate surface area is 122 Å². The molecule has 0 saturated heterocycles. The molecule has 0 unspecified atom stereocenters. The van der Waals surface area contributed by atoms with Gasteiger partial charge in [-0.3, -0.25) is 13.9 Å². The highest BCUT2D eigenvalue weighted by atomic mass is 16.5. The fourth-order valence-electron chi connectivity index (χ4n) is 2.40. The van der Waals surface area contributed by atoms with Crippen LogP contribution in [-0.4, -0.2) is 32.4 Å². The van der Waals surface area contributed by atoms with Crippen LogP contribution in [-0.2, 0) is 24.9 Å². The first kappa shape index (κ1) is 15.5. The van der Waals surface area contributed by atoms with Crippen LogP contribution in [0.4, 0.5) is 0 Å². The van der Waals surface area contributed by atoms with Crippen molar-refractivity contribution < 1.29 is 4.74 Å². The van der Waals surface area contributed by atoms with Gasteiger partial charge in [0.25, 0.3) is 5.56 Å². The Morgan fingerprint density at radius 1 is 1.24 bits per heavy atom. The normalized spacial score (nSPS) is 11.4. The van der Waals surface area contributed by atoms with Gasteiger partial charge in [-0.25, -0.2) is 9.78 Å². The quantitative estimate of drug-likeness (QED) is 0.706. The summed E-state index contributed by atoms with van der Waals surface area (Å²) in [6, 6.07) is 0. The second kappa shape index (κ2) is 6.71. The van der Waals surface area contributed by atoms with Gasteiger partial charge in [0, 0.05) is 27.2 Å². The zero-order valence-electron chi connectivity index (χ0n) is 12.8. The van der Waals surface area contributed by atoms with Gasteiger partial charge in [-0.15, -0.1) is 0 Å². The summed E-state index contributed by atoms with van der Waals surface area (Å²) in [5, 5.41) is 0. The number of unbranched alkanes of at least 4 members (excludes halogenated alkanes) is 2. The van der Waals surface area contributed by atoms with Crippen molar-refractivity contribution in [1.29, 1.82) is 0 Å². The van der Waals surface area contributed by atoms with Crippen molar-refractivity contribution in [3.8, 4) is 0 Å². The first-order chi connectivity index (χ1) is 10.1. The third-order valence-electron chi connectivity index (χ3n) is 3.62. The Morgan fingerprint density at radius 3 is 2.67 bits per heavy atom. The SMILES string of the molecule is CCCCCn1c(=O)c2c(ncn2CCOC)n(C)c1=O. The largest absolute Gasteiger partial charge is 0.383 e. The number of ether oxygens (including phenoxy) is 1. The summed E-state index contributed by atoms with van der Waals surface area (Å²) >= 11 is 0. The van der Waals surface area contributed by atoms with Crippen LogP contribution in [0.1, 0.15) is 26.2 Å². The van der Waals surface area contributed by atoms with Crippen LogP contribution in [0.15, 0.2) is 15.9 Å². The van der Waals surface area contributed by atoms with Crippen molar-refractivity contribution in [3.63, 3.8) is 0 Å². The molecule has 0 aliphatic rings. The molecular formula is C14H22N4O3. The van der Waals surface area contributed by atoms with E-state index in [1.807, 2.05) is 0 Å². The van der Waals surface area contributed by atoms with Crippen molar-refractivity contribution in [1.82, 2.24) is 18.7 Å². The summed E-state index contributed by atoms with van der Waals surface area (Å²) < 4.78 is 9.53. The third-order valence-corrected chi connectivity index (χ3v) is 3.62. The molecule has 0 spiro atoms. The van der Waals surface area contributed by atoms with Crippen molar-refractivity contribution in [3.05, 3.63) is 27.2 Å². The molecule has 0 fully saturated rings. The highest BCUT2D eigenvalue weighted by Gasteiger charge is 2.15. The minimum atomic E-state index is -0.305. The van der Waals surface area contributed by atoms with E-state index in [2.05, 4.69) is 11.9 Å². The monoisotopic (exact) mass is 294 g/mol. The zero-order chi connectivity index (χ0) is 15.4. The molecule has 0 radical (unpaired) electrons. The molecule has 0 N–H and O–H groups in total. The van der Waals surface area contributed by atoms with Gasteiger partial charge in [0.1, 0.15) is 0 Å². The Balaban J connectivity index is 2.54.